The smallest absolute Gasteiger partial charge is 0.260 e. The molecule has 0 saturated carbocycles. The molecule has 0 saturated heterocycles. The van der Waals surface area contributed by atoms with Gasteiger partial charge in [0.15, 0.2) is 0 Å². The monoisotopic (exact) mass is 1540 g/mol. The van der Waals surface area contributed by atoms with Gasteiger partial charge in [-0.1, -0.05) is 273 Å². The molecule has 120 heavy (non-hydrogen) atoms. The first-order valence-corrected chi connectivity index (χ1v) is 40.6. The van der Waals surface area contributed by atoms with Gasteiger partial charge in [-0.3, -0.25) is 0 Å². The largest absolute Gasteiger partial charge is 0.458 e. The molecule has 6 aliphatic rings. The summed E-state index contributed by atoms with van der Waals surface area (Å²) < 4.78 is 57.6. The minimum absolute atomic E-state index is 0.0750. The van der Waals surface area contributed by atoms with Crippen molar-refractivity contribution in [1.82, 2.24) is 0 Å². The predicted molar refractivity (Wildman–Crippen MR) is 487 cm³/mol. The summed E-state index contributed by atoms with van der Waals surface area (Å²) >= 11 is 0. The molecule has 0 fully saturated rings. The molecular formula is C108H63B3O9. The van der Waals surface area contributed by atoms with Crippen LogP contribution in [0.4, 0.5) is 0 Å². The Bertz CT molecular complexity index is 7630. The zero-order valence-corrected chi connectivity index (χ0v) is 64.3. The topological polar surface area (TPSA) is 94.8 Å². The van der Waals surface area contributed by atoms with E-state index >= 15 is 0 Å². The number of furan rings is 3. The molecule has 18 aromatic carbocycles. The van der Waals surface area contributed by atoms with Gasteiger partial charge in [0.25, 0.3) is 20.1 Å². The van der Waals surface area contributed by atoms with Gasteiger partial charge >= 0.3 is 0 Å². The van der Waals surface area contributed by atoms with Gasteiger partial charge in [-0.05, 0) is 198 Å². The Balaban J connectivity index is 0.0000000997. The number of fused-ring (bicyclic) bond motifs is 21. The summed E-state index contributed by atoms with van der Waals surface area (Å²) in [5.74, 6) is 10.5. The van der Waals surface area contributed by atoms with Crippen molar-refractivity contribution in [2.45, 2.75) is 0 Å². The highest BCUT2D eigenvalue weighted by Gasteiger charge is 2.44. The van der Waals surface area contributed by atoms with Crippen LogP contribution in [0.15, 0.2) is 395 Å². The third-order valence-corrected chi connectivity index (χ3v) is 24.7. The fraction of sp³-hybridized carbons (Fsp3) is 0. The lowest BCUT2D eigenvalue weighted by Crippen LogP contribution is -2.57. The summed E-state index contributed by atoms with van der Waals surface area (Å²) in [6, 6.07) is 132. The molecule has 3 aromatic heterocycles. The number of benzene rings is 18. The van der Waals surface area contributed by atoms with Gasteiger partial charge in [-0.15, -0.1) is 0 Å². The van der Waals surface area contributed by atoms with E-state index in [0.29, 0.717) is 0 Å². The number of ether oxygens (including phenoxy) is 6. The highest BCUT2D eigenvalue weighted by molar-refractivity contribution is 6.99. The molecule has 21 aromatic rings. The molecule has 0 aliphatic carbocycles. The zero-order valence-electron chi connectivity index (χ0n) is 64.3. The van der Waals surface area contributed by atoms with Crippen molar-refractivity contribution < 1.29 is 41.7 Å². The molecule has 27 rings (SSSR count). The Morgan fingerprint density at radius 1 is 0.150 bits per heavy atom. The number of rotatable bonds is 6. The second-order valence-corrected chi connectivity index (χ2v) is 31.4. The maximum atomic E-state index is 6.51. The van der Waals surface area contributed by atoms with Crippen molar-refractivity contribution in [3.8, 4) is 136 Å². The third kappa shape index (κ3) is 10.9. The second-order valence-electron chi connectivity index (χ2n) is 31.4. The minimum atomic E-state index is 0.0750. The van der Waals surface area contributed by atoms with Gasteiger partial charge in [0.2, 0.25) is 0 Å². The number of para-hydroxylation sites is 11. The van der Waals surface area contributed by atoms with Gasteiger partial charge in [0.1, 0.15) is 102 Å². The van der Waals surface area contributed by atoms with Gasteiger partial charge in [0.05, 0.1) is 0 Å². The SMILES string of the molecule is c1cc(-c2cc3c4c(c2)Oc2ccccc2B4c2ccccc2O3)cc(-c2cccc3c2oc2ccccc23)c1.c1ccc2c(c1)Oc1cc(-c3ccc(-c4ccc5oc6ccccc6c5c4)cc3)cc3c1B2c1ccccc1O3.c1ccc2c(c1)Oc1cc(-c3ccc(-c4cccc5c4oc4ccccc45)cc3)cc3c1B2c1ccccc1O3. The van der Waals surface area contributed by atoms with Crippen LogP contribution in [-0.2, 0) is 0 Å². The molecule has 12 heteroatoms. The van der Waals surface area contributed by atoms with Crippen molar-refractivity contribution in [3.05, 3.63) is 382 Å². The van der Waals surface area contributed by atoms with Gasteiger partial charge in [0, 0.05) is 59.8 Å². The summed E-state index contributed by atoms with van der Waals surface area (Å²) in [7, 11) is 0. The van der Waals surface area contributed by atoms with E-state index in [4.69, 9.17) is 41.7 Å². The van der Waals surface area contributed by atoms with Crippen molar-refractivity contribution in [2.24, 2.45) is 0 Å². The van der Waals surface area contributed by atoms with Gasteiger partial charge in [-0.2, -0.15) is 0 Å². The van der Waals surface area contributed by atoms with E-state index in [1.165, 1.54) is 32.8 Å². The lowest BCUT2D eigenvalue weighted by molar-refractivity contribution is 0.464. The van der Waals surface area contributed by atoms with E-state index in [1.54, 1.807) is 0 Å². The van der Waals surface area contributed by atoms with Crippen molar-refractivity contribution >= 4 is 135 Å². The highest BCUT2D eigenvalue weighted by atomic mass is 16.5. The van der Waals surface area contributed by atoms with Crippen LogP contribution < -0.4 is 77.6 Å². The first kappa shape index (κ1) is 67.7. The van der Waals surface area contributed by atoms with Gasteiger partial charge in [-0.25, -0.2) is 0 Å². The number of hydrogen-bond donors (Lipinski definition) is 0. The maximum absolute atomic E-state index is 6.51. The van der Waals surface area contributed by atoms with E-state index in [-0.39, 0.29) is 20.1 Å². The zero-order chi connectivity index (χ0) is 78.6. The Morgan fingerprint density at radius 2 is 0.417 bits per heavy atom. The van der Waals surface area contributed by atoms with Crippen LogP contribution in [0, 0.1) is 0 Å². The lowest BCUT2D eigenvalue weighted by Gasteiger charge is -2.33. The minimum Gasteiger partial charge on any atom is -0.458 e. The van der Waals surface area contributed by atoms with Crippen LogP contribution in [0.3, 0.4) is 0 Å². The Morgan fingerprint density at radius 3 is 0.808 bits per heavy atom. The molecule has 0 unspecified atom stereocenters. The molecule has 0 bridgehead atoms. The van der Waals surface area contributed by atoms with Crippen LogP contribution in [0.2, 0.25) is 0 Å². The van der Waals surface area contributed by atoms with Crippen LogP contribution in [0.25, 0.3) is 133 Å². The van der Waals surface area contributed by atoms with Crippen molar-refractivity contribution in [2.75, 3.05) is 0 Å². The van der Waals surface area contributed by atoms with Crippen LogP contribution in [-0.4, -0.2) is 20.1 Å². The molecule has 0 spiro atoms. The summed E-state index contributed by atoms with van der Waals surface area (Å²) in [6.45, 7) is 0.247. The molecule has 0 amide bonds. The van der Waals surface area contributed by atoms with Gasteiger partial charge < -0.3 is 41.7 Å². The highest BCUT2D eigenvalue weighted by Crippen LogP contribution is 2.46. The van der Waals surface area contributed by atoms with E-state index in [0.717, 1.165) is 218 Å². The van der Waals surface area contributed by atoms with E-state index in [1.807, 2.05) is 72.8 Å². The molecule has 0 radical (unpaired) electrons. The normalized spacial score (nSPS) is 12.8. The first-order chi connectivity index (χ1) is 59.4. The molecule has 558 valence electrons. The maximum Gasteiger partial charge on any atom is 0.260 e. The molecule has 9 nitrogen and oxygen atoms in total. The molecular weight excluding hydrogens is 1470 g/mol. The summed E-state index contributed by atoms with van der Waals surface area (Å²) in [6.07, 6.45) is 0. The summed E-state index contributed by atoms with van der Waals surface area (Å²) in [4.78, 5) is 0. The van der Waals surface area contributed by atoms with Crippen LogP contribution in [0.5, 0.6) is 69.0 Å². The first-order valence-electron chi connectivity index (χ1n) is 40.6. The van der Waals surface area contributed by atoms with Crippen molar-refractivity contribution in [3.63, 3.8) is 0 Å². The number of hydrogen-bond acceptors (Lipinski definition) is 9. The fourth-order valence-electron chi connectivity index (χ4n) is 19.1. The average Bonchev–Trinajstić information content (AvgIpc) is 0.887. The second kappa shape index (κ2) is 27.0. The Hall–Kier alpha value is -15.6. The lowest BCUT2D eigenvalue weighted by atomic mass is 9.35. The standard InChI is InChI=1S/3C36H21BO3/c1-4-16-30-26(11-1)27-13-8-12-25(36(27)40-30)23-10-7-9-22(19-23)24-20-33-35-34(21-24)39-32-18-6-3-15-29(32)37(35)28-14-2-5-17-31(28)38-33;1-4-13-30-26(8-1)27-10-7-9-25(36(27)40-30)23-18-16-22(17-19-23)24-20-33-35-34(21-24)39-32-15-6-3-12-29(32)37(35)28-11-2-5-14-31(28)38-33;1-4-10-30-26(7-1)27-19-24(17-18-31(27)38-30)22-13-15-23(16-14-22)25-20-34-36-35(21-25)40-33-12-6-3-9-29(33)37(36)28-8-2-5-11-32(28)39-34/h3*1-21H. The quantitative estimate of drug-likeness (QED) is 0.151. The molecule has 0 N–H and O–H groups in total. The van der Waals surface area contributed by atoms with Crippen LogP contribution in [0.1, 0.15) is 0 Å². The van der Waals surface area contributed by atoms with Crippen LogP contribution >= 0.6 is 0 Å². The molecule has 6 aliphatic heterocycles. The van der Waals surface area contributed by atoms with E-state index in [9.17, 15) is 0 Å². The van der Waals surface area contributed by atoms with E-state index in [2.05, 4.69) is 309 Å². The van der Waals surface area contributed by atoms with E-state index < -0.39 is 0 Å². The fourth-order valence-corrected chi connectivity index (χ4v) is 19.1. The molecule has 9 heterocycles. The average molecular weight is 1540 g/mol. The summed E-state index contributed by atoms with van der Waals surface area (Å²) in [5.41, 5.74) is 28.9. The Kier molecular flexibility index (Phi) is 15.2. The van der Waals surface area contributed by atoms with Crippen molar-refractivity contribution in [1.29, 1.82) is 0 Å². The summed E-state index contributed by atoms with van der Waals surface area (Å²) in [5, 5.41) is 6.81. The third-order valence-electron chi connectivity index (χ3n) is 24.7. The predicted octanol–water partition coefficient (Wildman–Crippen LogP) is 22.9. The Labute approximate surface area is 690 Å². The molecule has 0 atom stereocenters.